The van der Waals surface area contributed by atoms with Crippen molar-refractivity contribution in [2.45, 2.75) is 13.0 Å². The standard InChI is InChI=1S/C19H18FN5O3/c1-13(25-12-21-11-22-25)19(27)24-16-7-5-15(6-8-16)23-18(26)10-28-17-4-2-3-14(20)9-17/h2-9,11-13H,10H2,1H3,(H,23,26)(H,24,27). The molecule has 2 N–H and O–H groups in total. The van der Waals surface area contributed by atoms with Gasteiger partial charge >= 0.3 is 0 Å². The number of ether oxygens (including phenoxy) is 1. The van der Waals surface area contributed by atoms with Crippen LogP contribution in [0.3, 0.4) is 0 Å². The first-order valence-electron chi connectivity index (χ1n) is 8.44. The fourth-order valence-corrected chi connectivity index (χ4v) is 2.32. The van der Waals surface area contributed by atoms with Crippen molar-refractivity contribution in [3.63, 3.8) is 0 Å². The summed E-state index contributed by atoms with van der Waals surface area (Å²) in [5, 5.41) is 9.36. The van der Waals surface area contributed by atoms with E-state index in [0.717, 1.165) is 0 Å². The number of hydrogen-bond donors (Lipinski definition) is 2. The molecule has 1 unspecified atom stereocenters. The molecule has 8 nitrogen and oxygen atoms in total. The second-order valence-electron chi connectivity index (χ2n) is 5.91. The molecule has 0 spiro atoms. The number of carbonyl (C=O) groups is 2. The number of rotatable bonds is 7. The van der Waals surface area contributed by atoms with Crippen LogP contribution in [0.25, 0.3) is 0 Å². The molecule has 0 radical (unpaired) electrons. The van der Waals surface area contributed by atoms with E-state index in [1.165, 1.54) is 35.5 Å². The first kappa shape index (κ1) is 19.0. The number of nitrogens with one attached hydrogen (secondary N) is 2. The van der Waals surface area contributed by atoms with Gasteiger partial charge in [0.05, 0.1) is 0 Å². The van der Waals surface area contributed by atoms with Crippen LogP contribution < -0.4 is 15.4 Å². The summed E-state index contributed by atoms with van der Waals surface area (Å²) >= 11 is 0. The Bertz CT molecular complexity index is 944. The molecule has 0 aliphatic rings. The zero-order chi connectivity index (χ0) is 19.9. The van der Waals surface area contributed by atoms with Gasteiger partial charge in [-0.25, -0.2) is 14.1 Å². The van der Waals surface area contributed by atoms with Crippen molar-refractivity contribution in [2.24, 2.45) is 0 Å². The van der Waals surface area contributed by atoms with Gasteiger partial charge in [0, 0.05) is 17.4 Å². The van der Waals surface area contributed by atoms with Crippen LogP contribution in [0.5, 0.6) is 5.75 Å². The molecular formula is C19H18FN5O3. The number of carbonyl (C=O) groups excluding carboxylic acids is 2. The number of amides is 2. The number of hydrogen-bond acceptors (Lipinski definition) is 5. The molecule has 0 saturated heterocycles. The van der Waals surface area contributed by atoms with E-state index in [9.17, 15) is 14.0 Å². The van der Waals surface area contributed by atoms with E-state index >= 15 is 0 Å². The van der Waals surface area contributed by atoms with Gasteiger partial charge in [-0.1, -0.05) is 6.07 Å². The van der Waals surface area contributed by atoms with Gasteiger partial charge in [0.25, 0.3) is 5.91 Å². The SMILES string of the molecule is CC(C(=O)Nc1ccc(NC(=O)COc2cccc(F)c2)cc1)n1cncn1. The van der Waals surface area contributed by atoms with E-state index in [-0.39, 0.29) is 24.2 Å². The van der Waals surface area contributed by atoms with Crippen LogP contribution in [-0.4, -0.2) is 33.2 Å². The van der Waals surface area contributed by atoms with Crippen molar-refractivity contribution in [1.82, 2.24) is 14.8 Å². The molecule has 1 atom stereocenters. The van der Waals surface area contributed by atoms with Gasteiger partial charge in [-0.2, -0.15) is 5.10 Å². The van der Waals surface area contributed by atoms with Gasteiger partial charge in [0.2, 0.25) is 5.91 Å². The summed E-state index contributed by atoms with van der Waals surface area (Å²) in [7, 11) is 0. The van der Waals surface area contributed by atoms with Crippen molar-refractivity contribution >= 4 is 23.2 Å². The molecule has 1 aromatic heterocycles. The molecule has 0 fully saturated rings. The van der Waals surface area contributed by atoms with Crippen molar-refractivity contribution in [3.8, 4) is 5.75 Å². The van der Waals surface area contributed by atoms with Crippen LogP contribution in [0.2, 0.25) is 0 Å². The second-order valence-corrected chi connectivity index (χ2v) is 5.91. The van der Waals surface area contributed by atoms with Crippen molar-refractivity contribution < 1.29 is 18.7 Å². The molecule has 2 aromatic carbocycles. The predicted molar refractivity (Wildman–Crippen MR) is 100 cm³/mol. The molecule has 3 aromatic rings. The lowest BCUT2D eigenvalue weighted by Gasteiger charge is -2.12. The van der Waals surface area contributed by atoms with Crippen molar-refractivity contribution in [1.29, 1.82) is 0 Å². The Morgan fingerprint density at radius 3 is 2.50 bits per heavy atom. The number of halogens is 1. The lowest BCUT2D eigenvalue weighted by atomic mass is 10.2. The van der Waals surface area contributed by atoms with Gasteiger partial charge in [-0.15, -0.1) is 0 Å². The first-order valence-corrected chi connectivity index (χ1v) is 8.44. The molecule has 0 bridgehead atoms. The molecule has 28 heavy (non-hydrogen) atoms. The monoisotopic (exact) mass is 383 g/mol. The van der Waals surface area contributed by atoms with E-state index in [4.69, 9.17) is 4.74 Å². The Kier molecular flexibility index (Phi) is 5.95. The van der Waals surface area contributed by atoms with Crippen LogP contribution in [0.15, 0.2) is 61.2 Å². The Morgan fingerprint density at radius 1 is 1.14 bits per heavy atom. The maximum absolute atomic E-state index is 13.1. The summed E-state index contributed by atoms with van der Waals surface area (Å²) in [5.41, 5.74) is 1.11. The van der Waals surface area contributed by atoms with Crippen molar-refractivity contribution in [3.05, 3.63) is 67.0 Å². The summed E-state index contributed by atoms with van der Waals surface area (Å²) < 4.78 is 19.8. The summed E-state index contributed by atoms with van der Waals surface area (Å²) in [6, 6.07) is 11.7. The average molecular weight is 383 g/mol. The smallest absolute Gasteiger partial charge is 0.262 e. The Hall–Kier alpha value is -3.75. The minimum Gasteiger partial charge on any atom is -0.484 e. The minimum absolute atomic E-state index is 0.245. The fraction of sp³-hybridized carbons (Fsp3) is 0.158. The van der Waals surface area contributed by atoms with Crippen LogP contribution in [0.4, 0.5) is 15.8 Å². The number of benzene rings is 2. The quantitative estimate of drug-likeness (QED) is 0.654. The topological polar surface area (TPSA) is 98.1 Å². The lowest BCUT2D eigenvalue weighted by Crippen LogP contribution is -2.24. The normalized spacial score (nSPS) is 11.5. The van der Waals surface area contributed by atoms with E-state index in [0.29, 0.717) is 11.4 Å². The molecule has 2 amide bonds. The highest BCUT2D eigenvalue weighted by Gasteiger charge is 2.15. The van der Waals surface area contributed by atoms with Gasteiger partial charge < -0.3 is 15.4 Å². The first-order chi connectivity index (χ1) is 13.5. The highest BCUT2D eigenvalue weighted by atomic mass is 19.1. The zero-order valence-corrected chi connectivity index (χ0v) is 15.0. The lowest BCUT2D eigenvalue weighted by molar-refractivity contribution is -0.119. The summed E-state index contributed by atoms with van der Waals surface area (Å²) in [6.45, 7) is 1.45. The summed E-state index contributed by atoms with van der Waals surface area (Å²) in [6.07, 6.45) is 2.83. The van der Waals surface area contributed by atoms with E-state index in [2.05, 4.69) is 20.7 Å². The number of anilines is 2. The van der Waals surface area contributed by atoms with Gasteiger partial charge in [0.15, 0.2) is 6.61 Å². The largest absolute Gasteiger partial charge is 0.484 e. The molecule has 0 aliphatic carbocycles. The molecule has 144 valence electrons. The molecular weight excluding hydrogens is 365 g/mol. The third-order valence-electron chi connectivity index (χ3n) is 3.82. The second kappa shape index (κ2) is 8.76. The predicted octanol–water partition coefficient (Wildman–Crippen LogP) is 2.63. The summed E-state index contributed by atoms with van der Waals surface area (Å²) in [4.78, 5) is 28.0. The Balaban J connectivity index is 1.49. The molecule has 1 heterocycles. The maximum atomic E-state index is 13.1. The van der Waals surface area contributed by atoms with E-state index < -0.39 is 11.9 Å². The average Bonchev–Trinajstić information content (AvgIpc) is 3.22. The number of aromatic nitrogens is 3. The van der Waals surface area contributed by atoms with Crippen LogP contribution in [0, 0.1) is 5.82 Å². The maximum Gasteiger partial charge on any atom is 0.262 e. The third kappa shape index (κ3) is 5.13. The van der Waals surface area contributed by atoms with Crippen LogP contribution in [0.1, 0.15) is 13.0 Å². The third-order valence-corrected chi connectivity index (χ3v) is 3.82. The van der Waals surface area contributed by atoms with E-state index in [1.54, 1.807) is 37.3 Å². The van der Waals surface area contributed by atoms with Crippen molar-refractivity contribution in [2.75, 3.05) is 17.2 Å². The van der Waals surface area contributed by atoms with Crippen LogP contribution >= 0.6 is 0 Å². The summed E-state index contributed by atoms with van der Waals surface area (Å²) in [5.74, 6) is -0.796. The Morgan fingerprint density at radius 2 is 1.86 bits per heavy atom. The molecule has 3 rings (SSSR count). The Labute approximate surface area is 160 Å². The minimum atomic E-state index is -0.512. The highest BCUT2D eigenvalue weighted by molar-refractivity contribution is 5.94. The number of nitrogens with zero attached hydrogens (tertiary/aromatic N) is 3. The highest BCUT2D eigenvalue weighted by Crippen LogP contribution is 2.16. The van der Waals surface area contributed by atoms with Gasteiger partial charge in [-0.05, 0) is 43.3 Å². The molecule has 0 aliphatic heterocycles. The molecule has 0 saturated carbocycles. The zero-order valence-electron chi connectivity index (χ0n) is 15.0. The van der Waals surface area contributed by atoms with Gasteiger partial charge in [0.1, 0.15) is 30.3 Å². The fourth-order valence-electron chi connectivity index (χ4n) is 2.32. The van der Waals surface area contributed by atoms with Crippen LogP contribution in [-0.2, 0) is 9.59 Å². The molecule has 9 heteroatoms. The van der Waals surface area contributed by atoms with E-state index in [1.807, 2.05) is 0 Å². The van der Waals surface area contributed by atoms with Gasteiger partial charge in [-0.3, -0.25) is 9.59 Å².